The van der Waals surface area contributed by atoms with Crippen LogP contribution in [0.2, 0.25) is 0 Å². The van der Waals surface area contributed by atoms with Crippen LogP contribution in [0.3, 0.4) is 0 Å². The number of hydrogen-bond donors (Lipinski definition) is 1. The zero-order valence-electron chi connectivity index (χ0n) is 17.9. The van der Waals surface area contributed by atoms with Crippen LogP contribution in [-0.2, 0) is 13.0 Å². The van der Waals surface area contributed by atoms with E-state index in [1.807, 2.05) is 34.9 Å². The number of aromatic nitrogens is 1. The molecule has 0 radical (unpaired) electrons. The quantitative estimate of drug-likeness (QED) is 0.683. The van der Waals surface area contributed by atoms with Crippen molar-refractivity contribution in [3.63, 3.8) is 0 Å². The molecule has 0 fully saturated rings. The van der Waals surface area contributed by atoms with E-state index in [0.717, 1.165) is 28.8 Å². The van der Waals surface area contributed by atoms with Crippen molar-refractivity contribution in [3.05, 3.63) is 53.0 Å². The minimum absolute atomic E-state index is 0.185. The van der Waals surface area contributed by atoms with Gasteiger partial charge in [-0.25, -0.2) is 0 Å². The molecule has 0 amide bonds. The Kier molecular flexibility index (Phi) is 5.30. The molecule has 1 aliphatic heterocycles. The van der Waals surface area contributed by atoms with Crippen LogP contribution in [-0.4, -0.2) is 33.0 Å². The number of nitriles is 1. The lowest BCUT2D eigenvalue weighted by Gasteiger charge is -2.25. The smallest absolute Gasteiger partial charge is 0.161 e. The molecular formula is C24H23N3O4. The fourth-order valence-corrected chi connectivity index (χ4v) is 4.07. The number of benzene rings is 2. The molecule has 2 heterocycles. The van der Waals surface area contributed by atoms with Crippen molar-refractivity contribution >= 4 is 0 Å². The minimum atomic E-state index is 0.185. The Morgan fingerprint density at radius 2 is 1.48 bits per heavy atom. The summed E-state index contributed by atoms with van der Waals surface area (Å²) in [7, 11) is 6.37. The van der Waals surface area contributed by atoms with Gasteiger partial charge in [0.2, 0.25) is 0 Å². The Labute approximate surface area is 180 Å². The largest absolute Gasteiger partial charge is 0.493 e. The summed E-state index contributed by atoms with van der Waals surface area (Å²) in [5.74, 6) is 2.46. The molecule has 0 bridgehead atoms. The third-order valence-electron chi connectivity index (χ3n) is 5.64. The SMILES string of the molecule is COc1ccc(-c2cc3n(c(=N)c2C#N)CCc2cc(OC)c(OC)cc2-3)cc1OC. The third kappa shape index (κ3) is 3.26. The number of fused-ring (bicyclic) bond motifs is 3. The topological polar surface area (TPSA) is 89.5 Å². The zero-order valence-corrected chi connectivity index (χ0v) is 17.9. The molecule has 7 nitrogen and oxygen atoms in total. The first kappa shape index (κ1) is 20.4. The van der Waals surface area contributed by atoms with Crippen LogP contribution in [0.25, 0.3) is 22.4 Å². The molecule has 1 aliphatic rings. The summed E-state index contributed by atoms with van der Waals surface area (Å²) in [6, 6.07) is 13.6. The Balaban J connectivity index is 1.99. The van der Waals surface area contributed by atoms with Gasteiger partial charge in [0, 0.05) is 17.7 Å². The molecular weight excluding hydrogens is 394 g/mol. The number of ether oxygens (including phenoxy) is 4. The van der Waals surface area contributed by atoms with Crippen LogP contribution in [0.1, 0.15) is 11.1 Å². The number of nitrogens with zero attached hydrogens (tertiary/aromatic N) is 2. The average Bonchev–Trinajstić information content (AvgIpc) is 2.82. The third-order valence-corrected chi connectivity index (χ3v) is 5.64. The highest BCUT2D eigenvalue weighted by Crippen LogP contribution is 2.40. The highest BCUT2D eigenvalue weighted by Gasteiger charge is 2.23. The molecule has 31 heavy (non-hydrogen) atoms. The van der Waals surface area contributed by atoms with E-state index in [2.05, 4.69) is 6.07 Å². The van der Waals surface area contributed by atoms with E-state index in [1.54, 1.807) is 34.5 Å². The van der Waals surface area contributed by atoms with Gasteiger partial charge in [0.25, 0.3) is 0 Å². The Hall–Kier alpha value is -3.92. The lowest BCUT2D eigenvalue weighted by molar-refractivity contribution is 0.354. The summed E-state index contributed by atoms with van der Waals surface area (Å²) in [6.07, 6.45) is 0.736. The molecule has 0 atom stereocenters. The molecule has 0 spiro atoms. The Morgan fingerprint density at radius 3 is 2.13 bits per heavy atom. The van der Waals surface area contributed by atoms with E-state index in [9.17, 15) is 5.26 Å². The van der Waals surface area contributed by atoms with Gasteiger partial charge >= 0.3 is 0 Å². The van der Waals surface area contributed by atoms with Gasteiger partial charge in [-0.2, -0.15) is 5.26 Å². The second kappa shape index (κ2) is 8.07. The molecule has 0 saturated carbocycles. The van der Waals surface area contributed by atoms with E-state index in [-0.39, 0.29) is 5.49 Å². The maximum atomic E-state index is 9.86. The minimum Gasteiger partial charge on any atom is -0.493 e. The summed E-state index contributed by atoms with van der Waals surface area (Å²) in [6.45, 7) is 0.609. The van der Waals surface area contributed by atoms with Gasteiger partial charge < -0.3 is 23.5 Å². The molecule has 1 N–H and O–H groups in total. The number of aryl methyl sites for hydroxylation is 1. The van der Waals surface area contributed by atoms with E-state index in [1.165, 1.54) is 0 Å². The van der Waals surface area contributed by atoms with Crippen molar-refractivity contribution in [3.8, 4) is 51.5 Å². The van der Waals surface area contributed by atoms with Crippen LogP contribution >= 0.6 is 0 Å². The molecule has 2 aromatic carbocycles. The Bertz CT molecular complexity index is 1270. The van der Waals surface area contributed by atoms with Crippen molar-refractivity contribution in [1.29, 1.82) is 10.7 Å². The second-order valence-corrected chi connectivity index (χ2v) is 7.11. The average molecular weight is 417 g/mol. The summed E-state index contributed by atoms with van der Waals surface area (Å²) in [5.41, 5.74) is 4.88. The zero-order chi connectivity index (χ0) is 22.1. The van der Waals surface area contributed by atoms with Crippen molar-refractivity contribution in [2.24, 2.45) is 0 Å². The van der Waals surface area contributed by atoms with Crippen molar-refractivity contribution in [2.45, 2.75) is 13.0 Å². The Morgan fingerprint density at radius 1 is 0.839 bits per heavy atom. The first-order valence-electron chi connectivity index (χ1n) is 9.76. The predicted molar refractivity (Wildman–Crippen MR) is 116 cm³/mol. The number of rotatable bonds is 5. The van der Waals surface area contributed by atoms with Crippen LogP contribution in [0.15, 0.2) is 36.4 Å². The molecule has 0 saturated heterocycles. The monoisotopic (exact) mass is 417 g/mol. The van der Waals surface area contributed by atoms with Gasteiger partial charge in [-0.1, -0.05) is 6.07 Å². The van der Waals surface area contributed by atoms with Crippen LogP contribution in [0, 0.1) is 16.7 Å². The molecule has 158 valence electrons. The highest BCUT2D eigenvalue weighted by atomic mass is 16.5. The second-order valence-electron chi connectivity index (χ2n) is 7.11. The molecule has 1 aromatic heterocycles. The van der Waals surface area contributed by atoms with Crippen molar-refractivity contribution in [1.82, 2.24) is 4.57 Å². The number of hydrogen-bond acceptors (Lipinski definition) is 6. The van der Waals surface area contributed by atoms with Crippen molar-refractivity contribution < 1.29 is 18.9 Å². The standard InChI is InChI=1S/C24H23N3O4/c1-28-20-6-5-14(9-21(20)29-2)16-11-19-17-12-23(31-4)22(30-3)10-15(17)7-8-27(19)24(26)18(16)13-25/h5-6,9-12,26H,7-8H2,1-4H3. The van der Waals surface area contributed by atoms with Crippen molar-refractivity contribution in [2.75, 3.05) is 28.4 Å². The van der Waals surface area contributed by atoms with Gasteiger partial charge in [0.15, 0.2) is 23.0 Å². The molecule has 4 rings (SSSR count). The van der Waals surface area contributed by atoms with Gasteiger partial charge in [0.1, 0.15) is 17.1 Å². The van der Waals surface area contributed by atoms with E-state index in [0.29, 0.717) is 40.7 Å². The molecule has 7 heteroatoms. The van der Waals surface area contributed by atoms with E-state index >= 15 is 0 Å². The van der Waals surface area contributed by atoms with E-state index in [4.69, 9.17) is 24.4 Å². The molecule has 0 unspecified atom stereocenters. The van der Waals surface area contributed by atoms with Gasteiger partial charge in [-0.05, 0) is 47.9 Å². The van der Waals surface area contributed by atoms with Crippen LogP contribution < -0.4 is 24.4 Å². The first-order valence-corrected chi connectivity index (χ1v) is 9.76. The summed E-state index contributed by atoms with van der Waals surface area (Å²) in [4.78, 5) is 0. The summed E-state index contributed by atoms with van der Waals surface area (Å²) in [5, 5.41) is 18.6. The fraction of sp³-hybridized carbons (Fsp3) is 0.250. The van der Waals surface area contributed by atoms with Crippen LogP contribution in [0.4, 0.5) is 0 Å². The molecule has 3 aromatic rings. The summed E-state index contributed by atoms with van der Waals surface area (Å²) < 4.78 is 23.6. The highest BCUT2D eigenvalue weighted by molar-refractivity contribution is 5.79. The fourth-order valence-electron chi connectivity index (χ4n) is 4.07. The number of methoxy groups -OCH3 is 4. The predicted octanol–water partition coefficient (Wildman–Crippen LogP) is 3.76. The van der Waals surface area contributed by atoms with Gasteiger partial charge in [0.05, 0.1) is 34.1 Å². The summed E-state index contributed by atoms with van der Waals surface area (Å²) >= 11 is 0. The van der Waals surface area contributed by atoms with Gasteiger partial charge in [-0.3, -0.25) is 5.41 Å². The lowest BCUT2D eigenvalue weighted by atomic mass is 9.92. The van der Waals surface area contributed by atoms with Crippen LogP contribution in [0.5, 0.6) is 23.0 Å². The lowest BCUT2D eigenvalue weighted by Crippen LogP contribution is -2.28. The maximum Gasteiger partial charge on any atom is 0.161 e. The number of nitrogens with one attached hydrogen (secondary N) is 1. The number of pyridine rings is 1. The molecule has 0 aliphatic carbocycles. The van der Waals surface area contributed by atoms with Gasteiger partial charge in [-0.15, -0.1) is 0 Å². The van der Waals surface area contributed by atoms with E-state index < -0.39 is 0 Å². The maximum absolute atomic E-state index is 9.86. The normalized spacial score (nSPS) is 11.7. The first-order chi connectivity index (χ1) is 15.1.